The molecule has 0 saturated carbocycles. The van der Waals surface area contributed by atoms with Gasteiger partial charge in [0.2, 0.25) is 0 Å². The SMILES string of the molecule is Cn1cc(NC(=O)c2ccc(-c3ccc(F)cc3)o2)cn1. The molecule has 21 heavy (non-hydrogen) atoms. The number of hydrogen-bond donors (Lipinski definition) is 1. The lowest BCUT2D eigenvalue weighted by Crippen LogP contribution is -2.10. The summed E-state index contributed by atoms with van der Waals surface area (Å²) in [5, 5.41) is 6.64. The first-order valence-electron chi connectivity index (χ1n) is 6.27. The fourth-order valence-electron chi connectivity index (χ4n) is 1.91. The molecule has 0 radical (unpaired) electrons. The van der Waals surface area contributed by atoms with Crippen molar-refractivity contribution < 1.29 is 13.6 Å². The average Bonchev–Trinajstić information content (AvgIpc) is 3.09. The molecule has 1 N–H and O–H groups in total. The first-order chi connectivity index (χ1) is 10.1. The molecule has 5 nitrogen and oxygen atoms in total. The lowest BCUT2D eigenvalue weighted by atomic mass is 10.2. The Kier molecular flexibility index (Phi) is 3.27. The van der Waals surface area contributed by atoms with Crippen molar-refractivity contribution in [1.82, 2.24) is 9.78 Å². The van der Waals surface area contributed by atoms with Crippen LogP contribution in [0.1, 0.15) is 10.6 Å². The molecule has 0 aliphatic carbocycles. The van der Waals surface area contributed by atoms with Gasteiger partial charge in [-0.1, -0.05) is 0 Å². The number of anilines is 1. The van der Waals surface area contributed by atoms with Crippen molar-refractivity contribution in [3.8, 4) is 11.3 Å². The predicted molar refractivity (Wildman–Crippen MR) is 75.3 cm³/mol. The van der Waals surface area contributed by atoms with Gasteiger partial charge < -0.3 is 9.73 Å². The molecule has 0 aliphatic rings. The highest BCUT2D eigenvalue weighted by Gasteiger charge is 2.13. The standard InChI is InChI=1S/C15H12FN3O2/c1-19-9-12(8-17-19)18-15(20)14-7-6-13(21-14)10-2-4-11(16)5-3-10/h2-9H,1H3,(H,18,20). The Morgan fingerprint density at radius 2 is 2.00 bits per heavy atom. The van der Waals surface area contributed by atoms with E-state index in [0.29, 0.717) is 17.0 Å². The van der Waals surface area contributed by atoms with Gasteiger partial charge in [-0.05, 0) is 36.4 Å². The zero-order valence-corrected chi connectivity index (χ0v) is 11.2. The fourth-order valence-corrected chi connectivity index (χ4v) is 1.91. The average molecular weight is 285 g/mol. The van der Waals surface area contributed by atoms with Gasteiger partial charge in [-0.3, -0.25) is 9.48 Å². The van der Waals surface area contributed by atoms with Crippen LogP contribution in [0.3, 0.4) is 0 Å². The van der Waals surface area contributed by atoms with Crippen LogP contribution >= 0.6 is 0 Å². The maximum Gasteiger partial charge on any atom is 0.291 e. The summed E-state index contributed by atoms with van der Waals surface area (Å²) in [7, 11) is 1.76. The molecule has 1 aromatic carbocycles. The molecule has 3 aromatic rings. The summed E-state index contributed by atoms with van der Waals surface area (Å²) in [5.41, 5.74) is 1.29. The van der Waals surface area contributed by atoms with Crippen LogP contribution in [-0.2, 0) is 7.05 Å². The van der Waals surface area contributed by atoms with Gasteiger partial charge in [-0.25, -0.2) is 4.39 Å². The maximum atomic E-state index is 12.9. The number of aromatic nitrogens is 2. The molecule has 0 saturated heterocycles. The lowest BCUT2D eigenvalue weighted by molar-refractivity contribution is 0.0997. The molecular weight excluding hydrogens is 273 g/mol. The van der Waals surface area contributed by atoms with Crippen LogP contribution < -0.4 is 5.32 Å². The number of nitrogens with zero attached hydrogens (tertiary/aromatic N) is 2. The lowest BCUT2D eigenvalue weighted by Gasteiger charge is -1.99. The Morgan fingerprint density at radius 3 is 2.67 bits per heavy atom. The molecule has 0 bridgehead atoms. The zero-order valence-electron chi connectivity index (χ0n) is 11.2. The van der Waals surface area contributed by atoms with Crippen LogP contribution in [0.25, 0.3) is 11.3 Å². The first kappa shape index (κ1) is 13.1. The molecule has 0 atom stereocenters. The molecule has 0 aliphatic heterocycles. The zero-order chi connectivity index (χ0) is 14.8. The summed E-state index contributed by atoms with van der Waals surface area (Å²) in [6, 6.07) is 9.12. The van der Waals surface area contributed by atoms with Gasteiger partial charge in [0.25, 0.3) is 5.91 Å². The van der Waals surface area contributed by atoms with Gasteiger partial charge >= 0.3 is 0 Å². The summed E-state index contributed by atoms with van der Waals surface area (Å²) in [6.45, 7) is 0. The summed E-state index contributed by atoms with van der Waals surface area (Å²) in [6.07, 6.45) is 3.23. The molecule has 6 heteroatoms. The Bertz CT molecular complexity index is 774. The van der Waals surface area contributed by atoms with Crippen molar-refractivity contribution >= 4 is 11.6 Å². The van der Waals surface area contributed by atoms with Gasteiger partial charge in [0.15, 0.2) is 5.76 Å². The summed E-state index contributed by atoms with van der Waals surface area (Å²) in [5.74, 6) is 0.000673. The van der Waals surface area contributed by atoms with Gasteiger partial charge in [-0.15, -0.1) is 0 Å². The normalized spacial score (nSPS) is 10.6. The summed E-state index contributed by atoms with van der Waals surface area (Å²) < 4.78 is 20.0. The molecule has 3 rings (SSSR count). The van der Waals surface area contributed by atoms with Gasteiger partial charge in [0, 0.05) is 18.8 Å². The van der Waals surface area contributed by atoms with Crippen molar-refractivity contribution in [1.29, 1.82) is 0 Å². The number of carbonyl (C=O) groups excluding carboxylic acids is 1. The third kappa shape index (κ3) is 2.84. The minimum Gasteiger partial charge on any atom is -0.451 e. The number of furan rings is 1. The van der Waals surface area contributed by atoms with Crippen molar-refractivity contribution in [2.75, 3.05) is 5.32 Å². The molecule has 0 unspecified atom stereocenters. The summed E-state index contributed by atoms with van der Waals surface area (Å²) >= 11 is 0. The molecule has 2 heterocycles. The maximum absolute atomic E-state index is 12.9. The largest absolute Gasteiger partial charge is 0.451 e. The minimum absolute atomic E-state index is 0.179. The number of carbonyl (C=O) groups is 1. The van der Waals surface area contributed by atoms with E-state index in [-0.39, 0.29) is 17.5 Å². The Labute approximate surface area is 120 Å². The second kappa shape index (κ2) is 5.24. The van der Waals surface area contributed by atoms with Gasteiger partial charge in [0.1, 0.15) is 11.6 Å². The number of halogens is 1. The second-order valence-corrected chi connectivity index (χ2v) is 4.53. The van der Waals surface area contributed by atoms with Crippen LogP contribution in [0.5, 0.6) is 0 Å². The number of rotatable bonds is 3. The molecule has 1 amide bonds. The van der Waals surface area contributed by atoms with Crippen molar-refractivity contribution in [3.05, 3.63) is 60.4 Å². The topological polar surface area (TPSA) is 60.1 Å². The Morgan fingerprint density at radius 1 is 1.24 bits per heavy atom. The second-order valence-electron chi connectivity index (χ2n) is 4.53. The van der Waals surface area contributed by atoms with E-state index in [4.69, 9.17) is 4.42 Å². The van der Waals surface area contributed by atoms with Crippen molar-refractivity contribution in [2.45, 2.75) is 0 Å². The minimum atomic E-state index is -0.364. The smallest absolute Gasteiger partial charge is 0.291 e. The monoisotopic (exact) mass is 285 g/mol. The van der Waals surface area contributed by atoms with Crippen molar-refractivity contribution in [3.63, 3.8) is 0 Å². The first-order valence-corrected chi connectivity index (χ1v) is 6.27. The quantitative estimate of drug-likeness (QED) is 0.804. The van der Waals surface area contributed by atoms with E-state index in [1.807, 2.05) is 0 Å². The van der Waals surface area contributed by atoms with Crippen LogP contribution in [0.4, 0.5) is 10.1 Å². The number of benzene rings is 1. The van der Waals surface area contributed by atoms with E-state index in [1.165, 1.54) is 12.1 Å². The summed E-state index contributed by atoms with van der Waals surface area (Å²) in [4.78, 5) is 12.0. The van der Waals surface area contributed by atoms with Crippen LogP contribution in [0.15, 0.2) is 53.2 Å². The number of amides is 1. The number of aryl methyl sites for hydroxylation is 1. The molecule has 0 spiro atoms. The Hall–Kier alpha value is -2.89. The highest BCUT2D eigenvalue weighted by atomic mass is 19.1. The fraction of sp³-hybridized carbons (Fsp3) is 0.0667. The Balaban J connectivity index is 1.78. The number of nitrogens with one attached hydrogen (secondary N) is 1. The van der Waals surface area contributed by atoms with Gasteiger partial charge in [0.05, 0.1) is 11.9 Å². The van der Waals surface area contributed by atoms with E-state index in [2.05, 4.69) is 10.4 Å². The third-order valence-corrected chi connectivity index (χ3v) is 2.92. The highest BCUT2D eigenvalue weighted by molar-refractivity contribution is 6.02. The molecule has 106 valence electrons. The molecular formula is C15H12FN3O2. The molecule has 2 aromatic heterocycles. The highest BCUT2D eigenvalue weighted by Crippen LogP contribution is 2.23. The predicted octanol–water partition coefficient (Wildman–Crippen LogP) is 3.07. The third-order valence-electron chi connectivity index (χ3n) is 2.92. The van der Waals surface area contributed by atoms with E-state index in [9.17, 15) is 9.18 Å². The van der Waals surface area contributed by atoms with E-state index in [0.717, 1.165) is 0 Å². The van der Waals surface area contributed by atoms with Crippen LogP contribution in [0, 0.1) is 5.82 Å². The number of hydrogen-bond acceptors (Lipinski definition) is 3. The van der Waals surface area contributed by atoms with E-state index >= 15 is 0 Å². The van der Waals surface area contributed by atoms with Gasteiger partial charge in [-0.2, -0.15) is 5.10 Å². The van der Waals surface area contributed by atoms with Crippen LogP contribution in [0.2, 0.25) is 0 Å². The molecule has 0 fully saturated rings. The van der Waals surface area contributed by atoms with Crippen LogP contribution in [-0.4, -0.2) is 15.7 Å². The van der Waals surface area contributed by atoms with Crippen molar-refractivity contribution in [2.24, 2.45) is 7.05 Å². The van der Waals surface area contributed by atoms with E-state index < -0.39 is 0 Å². The van der Waals surface area contributed by atoms with E-state index in [1.54, 1.807) is 48.4 Å².